The zero-order valence-electron chi connectivity index (χ0n) is 8.62. The Balaban J connectivity index is 2.24. The van der Waals surface area contributed by atoms with Gasteiger partial charge in [-0.3, -0.25) is 0 Å². The Kier molecular flexibility index (Phi) is 1.62. The van der Waals surface area contributed by atoms with Gasteiger partial charge in [0.1, 0.15) is 0 Å². The number of rotatable bonds is 2. The van der Waals surface area contributed by atoms with Crippen molar-refractivity contribution in [1.29, 1.82) is 0 Å². The minimum absolute atomic E-state index is 0.126. The highest BCUT2D eigenvalue weighted by atomic mass is 16.5. The van der Waals surface area contributed by atoms with Gasteiger partial charge in [-0.25, -0.2) is 0 Å². The Morgan fingerprint density at radius 2 is 2.20 bits per heavy atom. The van der Waals surface area contributed by atoms with E-state index in [9.17, 15) is 0 Å². The normalized spacial score (nSPS) is 18.0. The van der Waals surface area contributed by atoms with E-state index in [4.69, 9.17) is 14.9 Å². The number of hydrogen-bond acceptors (Lipinski definition) is 3. The Bertz CT molecular complexity index is 511. The van der Waals surface area contributed by atoms with Crippen LogP contribution in [0, 0.1) is 0 Å². The molecule has 1 saturated carbocycles. The van der Waals surface area contributed by atoms with Gasteiger partial charge in [0, 0.05) is 10.9 Å². The predicted octanol–water partition coefficient (Wildman–Crippen LogP) is 2.39. The topological polar surface area (TPSA) is 48.4 Å². The van der Waals surface area contributed by atoms with Gasteiger partial charge in [-0.15, -0.1) is 0 Å². The Hall–Kier alpha value is -1.48. The lowest BCUT2D eigenvalue weighted by Crippen LogP contribution is -2.18. The number of fused-ring (bicyclic) bond motifs is 1. The summed E-state index contributed by atoms with van der Waals surface area (Å²) in [6.45, 7) is 0. The highest BCUT2D eigenvalue weighted by molar-refractivity contribution is 5.84. The smallest absolute Gasteiger partial charge is 0.175 e. The van der Waals surface area contributed by atoms with Crippen LogP contribution in [-0.4, -0.2) is 7.11 Å². The molecule has 1 aliphatic carbocycles. The van der Waals surface area contributed by atoms with Gasteiger partial charge >= 0.3 is 0 Å². The van der Waals surface area contributed by atoms with Crippen molar-refractivity contribution in [2.24, 2.45) is 5.73 Å². The molecular formula is C12H13NO2. The number of furan rings is 1. The van der Waals surface area contributed by atoms with Gasteiger partial charge in [0.25, 0.3) is 0 Å². The van der Waals surface area contributed by atoms with Crippen LogP contribution in [0.2, 0.25) is 0 Å². The van der Waals surface area contributed by atoms with E-state index in [-0.39, 0.29) is 5.54 Å². The third kappa shape index (κ3) is 1.23. The molecule has 0 saturated heterocycles. The fraction of sp³-hybridized carbons (Fsp3) is 0.333. The summed E-state index contributed by atoms with van der Waals surface area (Å²) in [5.74, 6) is 0.768. The number of ether oxygens (including phenoxy) is 1. The van der Waals surface area contributed by atoms with E-state index in [1.165, 1.54) is 0 Å². The lowest BCUT2D eigenvalue weighted by Gasteiger charge is -2.11. The second-order valence-electron chi connectivity index (χ2n) is 4.17. The fourth-order valence-corrected chi connectivity index (χ4v) is 1.91. The zero-order valence-corrected chi connectivity index (χ0v) is 8.62. The van der Waals surface area contributed by atoms with Crippen LogP contribution >= 0.6 is 0 Å². The third-order valence-electron chi connectivity index (χ3n) is 3.10. The maximum absolute atomic E-state index is 6.17. The van der Waals surface area contributed by atoms with E-state index >= 15 is 0 Å². The fourth-order valence-electron chi connectivity index (χ4n) is 1.91. The highest BCUT2D eigenvalue weighted by Crippen LogP contribution is 2.45. The third-order valence-corrected chi connectivity index (χ3v) is 3.10. The lowest BCUT2D eigenvalue weighted by molar-refractivity contribution is 0.409. The molecule has 78 valence electrons. The van der Waals surface area contributed by atoms with Crippen molar-refractivity contribution in [1.82, 2.24) is 0 Å². The molecule has 1 aliphatic rings. The monoisotopic (exact) mass is 203 g/mol. The maximum atomic E-state index is 6.17. The molecule has 0 unspecified atom stereocenters. The van der Waals surface area contributed by atoms with Crippen molar-refractivity contribution in [2.75, 3.05) is 7.11 Å². The number of nitrogens with two attached hydrogens (primary N) is 1. The first kappa shape index (κ1) is 8.80. The van der Waals surface area contributed by atoms with Crippen LogP contribution in [-0.2, 0) is 5.54 Å². The van der Waals surface area contributed by atoms with Gasteiger partial charge in [0.05, 0.1) is 13.4 Å². The van der Waals surface area contributed by atoms with Gasteiger partial charge in [0.2, 0.25) is 0 Å². The maximum Gasteiger partial charge on any atom is 0.175 e. The SMILES string of the molecule is COc1cc(C2(N)CC2)cc2ccoc12. The van der Waals surface area contributed by atoms with E-state index in [0.29, 0.717) is 0 Å². The van der Waals surface area contributed by atoms with Crippen molar-refractivity contribution >= 4 is 11.0 Å². The molecule has 3 heteroatoms. The van der Waals surface area contributed by atoms with E-state index in [1.54, 1.807) is 13.4 Å². The first-order chi connectivity index (χ1) is 7.23. The van der Waals surface area contributed by atoms with Gasteiger partial charge in [-0.2, -0.15) is 0 Å². The quantitative estimate of drug-likeness (QED) is 0.815. The summed E-state index contributed by atoms with van der Waals surface area (Å²) in [6.07, 6.45) is 3.78. The first-order valence-corrected chi connectivity index (χ1v) is 5.07. The predicted molar refractivity (Wildman–Crippen MR) is 57.9 cm³/mol. The summed E-state index contributed by atoms with van der Waals surface area (Å²) in [4.78, 5) is 0. The van der Waals surface area contributed by atoms with Crippen molar-refractivity contribution in [3.63, 3.8) is 0 Å². The summed E-state index contributed by atoms with van der Waals surface area (Å²) < 4.78 is 10.7. The summed E-state index contributed by atoms with van der Waals surface area (Å²) in [7, 11) is 1.65. The molecule has 2 aromatic rings. The largest absolute Gasteiger partial charge is 0.493 e. The van der Waals surface area contributed by atoms with Crippen LogP contribution in [0.25, 0.3) is 11.0 Å². The molecule has 0 aliphatic heterocycles. The molecule has 1 aromatic heterocycles. The van der Waals surface area contributed by atoms with Crippen LogP contribution in [0.5, 0.6) is 5.75 Å². The zero-order chi connectivity index (χ0) is 10.5. The Morgan fingerprint density at radius 1 is 1.40 bits per heavy atom. The molecule has 3 nitrogen and oxygen atoms in total. The van der Waals surface area contributed by atoms with Crippen molar-refractivity contribution in [2.45, 2.75) is 18.4 Å². The summed E-state index contributed by atoms with van der Waals surface area (Å²) >= 11 is 0. The molecule has 0 bridgehead atoms. The van der Waals surface area contributed by atoms with Gasteiger partial charge in [0.15, 0.2) is 11.3 Å². The second-order valence-corrected chi connectivity index (χ2v) is 4.17. The number of methoxy groups -OCH3 is 1. The molecule has 0 radical (unpaired) electrons. The molecule has 0 spiro atoms. The molecule has 0 amide bonds. The molecule has 0 atom stereocenters. The number of benzene rings is 1. The van der Waals surface area contributed by atoms with Gasteiger partial charge < -0.3 is 14.9 Å². The minimum atomic E-state index is -0.126. The highest BCUT2D eigenvalue weighted by Gasteiger charge is 2.40. The summed E-state index contributed by atoms with van der Waals surface area (Å²) in [5.41, 5.74) is 7.98. The van der Waals surface area contributed by atoms with Gasteiger partial charge in [-0.1, -0.05) is 0 Å². The molecular weight excluding hydrogens is 190 g/mol. The molecule has 2 N–H and O–H groups in total. The van der Waals surface area contributed by atoms with Crippen LogP contribution in [0.3, 0.4) is 0 Å². The molecule has 1 heterocycles. The van der Waals surface area contributed by atoms with E-state index < -0.39 is 0 Å². The molecule has 3 rings (SSSR count). The lowest BCUT2D eigenvalue weighted by atomic mass is 10.0. The molecule has 1 fully saturated rings. The van der Waals surface area contributed by atoms with Crippen LogP contribution in [0.1, 0.15) is 18.4 Å². The van der Waals surface area contributed by atoms with Crippen molar-refractivity contribution in [3.05, 3.63) is 30.0 Å². The van der Waals surface area contributed by atoms with Crippen molar-refractivity contribution < 1.29 is 9.15 Å². The summed E-state index contributed by atoms with van der Waals surface area (Å²) in [5, 5.41) is 1.06. The number of hydrogen-bond donors (Lipinski definition) is 1. The van der Waals surface area contributed by atoms with Gasteiger partial charge in [-0.05, 0) is 36.6 Å². The van der Waals surface area contributed by atoms with E-state index in [1.807, 2.05) is 12.1 Å². The standard InChI is InChI=1S/C12H13NO2/c1-14-10-7-9(12(13)3-4-12)6-8-2-5-15-11(8)10/h2,5-7H,3-4,13H2,1H3. The average molecular weight is 203 g/mol. The van der Waals surface area contributed by atoms with E-state index in [0.717, 1.165) is 35.1 Å². The van der Waals surface area contributed by atoms with Crippen LogP contribution in [0.15, 0.2) is 28.9 Å². The summed E-state index contributed by atoms with van der Waals surface area (Å²) in [6, 6.07) is 6.01. The van der Waals surface area contributed by atoms with E-state index in [2.05, 4.69) is 6.07 Å². The Morgan fingerprint density at radius 3 is 2.87 bits per heavy atom. The molecule has 15 heavy (non-hydrogen) atoms. The second kappa shape index (κ2) is 2.76. The molecule has 1 aromatic carbocycles. The minimum Gasteiger partial charge on any atom is -0.493 e. The van der Waals surface area contributed by atoms with Crippen LogP contribution < -0.4 is 10.5 Å². The Labute approximate surface area is 87.8 Å². The first-order valence-electron chi connectivity index (χ1n) is 5.07. The van der Waals surface area contributed by atoms with Crippen molar-refractivity contribution in [3.8, 4) is 5.75 Å². The average Bonchev–Trinajstić information content (AvgIpc) is 2.82. The van der Waals surface area contributed by atoms with Crippen LogP contribution in [0.4, 0.5) is 0 Å².